The van der Waals surface area contributed by atoms with Crippen molar-refractivity contribution in [2.24, 2.45) is 11.8 Å². The highest BCUT2D eigenvalue weighted by Gasteiger charge is 2.30. The quantitative estimate of drug-likeness (QED) is 0.703. The van der Waals surface area contributed by atoms with Gasteiger partial charge in [-0.2, -0.15) is 0 Å². The maximum atomic E-state index is 10.7. The minimum Gasteiger partial charge on any atom is -0.444 e. The van der Waals surface area contributed by atoms with Gasteiger partial charge in [0.2, 0.25) is 0 Å². The molecule has 1 aliphatic rings. The number of cyclic esters (lactones) is 1. The van der Waals surface area contributed by atoms with Crippen LogP contribution in [0.2, 0.25) is 0 Å². The van der Waals surface area contributed by atoms with Crippen LogP contribution in [0.15, 0.2) is 0 Å². The van der Waals surface area contributed by atoms with E-state index in [9.17, 15) is 4.79 Å². The number of amides is 1. The maximum Gasteiger partial charge on any atom is 0.407 e. The van der Waals surface area contributed by atoms with Crippen LogP contribution in [0.5, 0.6) is 0 Å². The molecule has 0 saturated carbocycles. The molecular formula is C9H17NO2. The van der Waals surface area contributed by atoms with Crippen molar-refractivity contribution in [1.82, 2.24) is 5.32 Å². The number of alkyl carbamates (subject to hydrolysis) is 1. The third-order valence-corrected chi connectivity index (χ3v) is 2.83. The minimum atomic E-state index is -0.268. The molecular weight excluding hydrogens is 154 g/mol. The van der Waals surface area contributed by atoms with Crippen LogP contribution in [-0.4, -0.2) is 18.7 Å². The van der Waals surface area contributed by atoms with Crippen molar-refractivity contribution in [2.75, 3.05) is 6.54 Å². The van der Waals surface area contributed by atoms with Gasteiger partial charge in [-0.15, -0.1) is 0 Å². The molecule has 1 aliphatic heterocycles. The third kappa shape index (κ3) is 1.90. The lowest BCUT2D eigenvalue weighted by atomic mass is 9.89. The van der Waals surface area contributed by atoms with Gasteiger partial charge < -0.3 is 10.1 Å². The number of carbonyl (C=O) groups is 1. The molecule has 1 fully saturated rings. The number of nitrogens with one attached hydrogen (secondary N) is 1. The lowest BCUT2D eigenvalue weighted by molar-refractivity contribution is 0.0897. The van der Waals surface area contributed by atoms with E-state index < -0.39 is 0 Å². The van der Waals surface area contributed by atoms with Gasteiger partial charge in [-0.1, -0.05) is 27.2 Å². The summed E-state index contributed by atoms with van der Waals surface area (Å²) in [6.45, 7) is 7.16. The molecule has 3 unspecified atom stereocenters. The van der Waals surface area contributed by atoms with E-state index in [0.717, 1.165) is 6.42 Å². The van der Waals surface area contributed by atoms with Crippen LogP contribution in [0.3, 0.4) is 0 Å². The van der Waals surface area contributed by atoms with Crippen molar-refractivity contribution in [3.05, 3.63) is 0 Å². The van der Waals surface area contributed by atoms with E-state index in [4.69, 9.17) is 4.74 Å². The van der Waals surface area contributed by atoms with Crippen LogP contribution in [0.1, 0.15) is 27.2 Å². The smallest absolute Gasteiger partial charge is 0.407 e. The van der Waals surface area contributed by atoms with Crippen molar-refractivity contribution in [2.45, 2.75) is 33.3 Å². The van der Waals surface area contributed by atoms with E-state index in [1.54, 1.807) is 0 Å². The lowest BCUT2D eigenvalue weighted by Gasteiger charge is -2.22. The van der Waals surface area contributed by atoms with Gasteiger partial charge in [0.05, 0.1) is 6.54 Å². The number of ether oxygens (including phenoxy) is 1. The van der Waals surface area contributed by atoms with Gasteiger partial charge >= 0.3 is 6.09 Å². The molecule has 0 spiro atoms. The molecule has 0 aromatic rings. The Morgan fingerprint density at radius 1 is 1.67 bits per heavy atom. The van der Waals surface area contributed by atoms with Crippen LogP contribution in [-0.2, 0) is 4.74 Å². The van der Waals surface area contributed by atoms with Gasteiger partial charge in [0.1, 0.15) is 6.10 Å². The zero-order valence-corrected chi connectivity index (χ0v) is 7.96. The Kier molecular flexibility index (Phi) is 2.95. The third-order valence-electron chi connectivity index (χ3n) is 2.83. The normalized spacial score (nSPS) is 27.6. The monoisotopic (exact) mass is 171 g/mol. The van der Waals surface area contributed by atoms with E-state index in [-0.39, 0.29) is 12.2 Å². The molecule has 3 heteroatoms. The van der Waals surface area contributed by atoms with Crippen molar-refractivity contribution < 1.29 is 9.53 Å². The Morgan fingerprint density at radius 2 is 2.33 bits per heavy atom. The molecule has 1 N–H and O–H groups in total. The van der Waals surface area contributed by atoms with Crippen LogP contribution in [0.25, 0.3) is 0 Å². The number of hydrogen-bond acceptors (Lipinski definition) is 2. The molecule has 1 rings (SSSR count). The highest BCUT2D eigenvalue weighted by Crippen LogP contribution is 2.22. The van der Waals surface area contributed by atoms with Gasteiger partial charge in [0.15, 0.2) is 0 Å². The fourth-order valence-corrected chi connectivity index (χ4v) is 1.44. The van der Waals surface area contributed by atoms with E-state index in [2.05, 4.69) is 26.1 Å². The van der Waals surface area contributed by atoms with Crippen molar-refractivity contribution >= 4 is 6.09 Å². The van der Waals surface area contributed by atoms with Crippen LogP contribution >= 0.6 is 0 Å². The average molecular weight is 171 g/mol. The first-order chi connectivity index (χ1) is 5.65. The lowest BCUT2D eigenvalue weighted by Crippen LogP contribution is -2.26. The molecule has 3 nitrogen and oxygen atoms in total. The molecule has 1 heterocycles. The fraction of sp³-hybridized carbons (Fsp3) is 0.889. The Bertz CT molecular complexity index is 170. The van der Waals surface area contributed by atoms with Crippen molar-refractivity contribution in [1.29, 1.82) is 0 Å². The van der Waals surface area contributed by atoms with Gasteiger partial charge in [0, 0.05) is 0 Å². The standard InChI is InChI=1S/C9H17NO2/c1-4-6(2)7(3)8-5-10-9(11)12-8/h6-8H,4-5H2,1-3H3,(H,10,11). The SMILES string of the molecule is CCC(C)C(C)C1CNC(=O)O1. The van der Waals surface area contributed by atoms with Gasteiger partial charge in [-0.3, -0.25) is 0 Å². The predicted octanol–water partition coefficient (Wildman–Crippen LogP) is 1.78. The van der Waals surface area contributed by atoms with E-state index >= 15 is 0 Å². The summed E-state index contributed by atoms with van der Waals surface area (Å²) < 4.78 is 5.10. The summed E-state index contributed by atoms with van der Waals surface area (Å²) in [5.74, 6) is 1.07. The van der Waals surface area contributed by atoms with Gasteiger partial charge in [-0.25, -0.2) is 4.79 Å². The predicted molar refractivity (Wildman–Crippen MR) is 46.9 cm³/mol. The first-order valence-electron chi connectivity index (χ1n) is 4.59. The molecule has 0 aliphatic carbocycles. The van der Waals surface area contributed by atoms with E-state index in [1.165, 1.54) is 0 Å². The molecule has 0 aromatic carbocycles. The molecule has 0 bridgehead atoms. The second-order valence-corrected chi connectivity index (χ2v) is 3.57. The van der Waals surface area contributed by atoms with E-state index in [0.29, 0.717) is 18.4 Å². The minimum absolute atomic E-state index is 0.0763. The molecule has 70 valence electrons. The first kappa shape index (κ1) is 9.36. The largest absolute Gasteiger partial charge is 0.444 e. The number of carbonyl (C=O) groups excluding carboxylic acids is 1. The zero-order valence-electron chi connectivity index (χ0n) is 7.96. The number of hydrogen-bond donors (Lipinski definition) is 1. The Hall–Kier alpha value is -0.730. The fourth-order valence-electron chi connectivity index (χ4n) is 1.44. The van der Waals surface area contributed by atoms with Crippen LogP contribution in [0, 0.1) is 11.8 Å². The Balaban J connectivity index is 2.42. The molecule has 12 heavy (non-hydrogen) atoms. The summed E-state index contributed by atoms with van der Waals surface area (Å²) in [4.78, 5) is 10.7. The van der Waals surface area contributed by atoms with Crippen LogP contribution < -0.4 is 5.32 Å². The average Bonchev–Trinajstić information content (AvgIpc) is 2.49. The summed E-state index contributed by atoms with van der Waals surface area (Å²) in [7, 11) is 0. The summed E-state index contributed by atoms with van der Waals surface area (Å²) in [6.07, 6.45) is 0.942. The summed E-state index contributed by atoms with van der Waals surface area (Å²) >= 11 is 0. The molecule has 1 saturated heterocycles. The molecule has 0 aromatic heterocycles. The molecule has 3 atom stereocenters. The highest BCUT2D eigenvalue weighted by atomic mass is 16.6. The van der Waals surface area contributed by atoms with Crippen molar-refractivity contribution in [3.8, 4) is 0 Å². The zero-order chi connectivity index (χ0) is 9.14. The van der Waals surface area contributed by atoms with Gasteiger partial charge in [0.25, 0.3) is 0 Å². The first-order valence-corrected chi connectivity index (χ1v) is 4.59. The van der Waals surface area contributed by atoms with Gasteiger partial charge in [-0.05, 0) is 11.8 Å². The molecule has 0 radical (unpaired) electrons. The van der Waals surface area contributed by atoms with Crippen molar-refractivity contribution in [3.63, 3.8) is 0 Å². The Labute approximate surface area is 73.5 Å². The summed E-state index contributed by atoms with van der Waals surface area (Å²) in [5, 5.41) is 2.67. The number of rotatable bonds is 3. The second-order valence-electron chi connectivity index (χ2n) is 3.57. The maximum absolute atomic E-state index is 10.7. The highest BCUT2D eigenvalue weighted by molar-refractivity contribution is 5.69. The van der Waals surface area contributed by atoms with E-state index in [1.807, 2.05) is 0 Å². The molecule has 1 amide bonds. The Morgan fingerprint density at radius 3 is 2.75 bits per heavy atom. The topological polar surface area (TPSA) is 38.3 Å². The van der Waals surface area contributed by atoms with Crippen LogP contribution in [0.4, 0.5) is 4.79 Å². The summed E-state index contributed by atoms with van der Waals surface area (Å²) in [5.41, 5.74) is 0. The summed E-state index contributed by atoms with van der Waals surface area (Å²) in [6, 6.07) is 0. The second kappa shape index (κ2) is 3.78.